The van der Waals surface area contributed by atoms with Crippen molar-refractivity contribution in [3.63, 3.8) is 0 Å². The number of rotatable bonds is 2. The Bertz CT molecular complexity index is 995. The summed E-state index contributed by atoms with van der Waals surface area (Å²) in [4.78, 5) is 11.9. The van der Waals surface area contributed by atoms with Crippen molar-refractivity contribution in [2.45, 2.75) is 18.9 Å². The molecule has 0 aliphatic carbocycles. The molecule has 1 atom stereocenters. The van der Waals surface area contributed by atoms with Gasteiger partial charge < -0.3 is 4.90 Å². The molecule has 2 aliphatic heterocycles. The van der Waals surface area contributed by atoms with Crippen molar-refractivity contribution in [2.75, 3.05) is 13.1 Å². The molecule has 3 aromatic rings. The fourth-order valence-corrected chi connectivity index (χ4v) is 3.99. The molecule has 1 unspecified atom stereocenters. The van der Waals surface area contributed by atoms with E-state index in [1.807, 2.05) is 30.3 Å². The third-order valence-electron chi connectivity index (χ3n) is 5.21. The SMILES string of the molecule is Fc1ccccc1-c1cc(C2=NCC3CCCN23)c2ccccc2n1. The van der Waals surface area contributed by atoms with Crippen LogP contribution >= 0.6 is 0 Å². The molecule has 1 aromatic heterocycles. The van der Waals surface area contributed by atoms with Crippen LogP contribution in [0, 0.1) is 5.82 Å². The Morgan fingerprint density at radius 2 is 1.84 bits per heavy atom. The van der Waals surface area contributed by atoms with E-state index < -0.39 is 0 Å². The largest absolute Gasteiger partial charge is 0.352 e. The van der Waals surface area contributed by atoms with Gasteiger partial charge in [0.25, 0.3) is 0 Å². The molecule has 25 heavy (non-hydrogen) atoms. The second kappa shape index (κ2) is 5.66. The maximum atomic E-state index is 14.3. The van der Waals surface area contributed by atoms with Crippen LogP contribution in [-0.4, -0.2) is 34.9 Å². The highest BCUT2D eigenvalue weighted by atomic mass is 19.1. The lowest BCUT2D eigenvalue weighted by Gasteiger charge is -2.21. The zero-order chi connectivity index (χ0) is 16.8. The van der Waals surface area contributed by atoms with Crippen LogP contribution in [0.15, 0.2) is 59.6 Å². The van der Waals surface area contributed by atoms with Crippen molar-refractivity contribution in [3.05, 3.63) is 66.0 Å². The average Bonchev–Trinajstić information content (AvgIpc) is 3.25. The summed E-state index contributed by atoms with van der Waals surface area (Å²) in [6.45, 7) is 1.91. The second-order valence-electron chi connectivity index (χ2n) is 6.71. The monoisotopic (exact) mass is 331 g/mol. The molecule has 0 bridgehead atoms. The normalized spacial score (nSPS) is 19.3. The number of pyridine rings is 1. The summed E-state index contributed by atoms with van der Waals surface area (Å²) < 4.78 is 14.3. The Labute approximate surface area is 145 Å². The number of para-hydroxylation sites is 1. The zero-order valence-electron chi connectivity index (χ0n) is 13.8. The molecule has 1 fully saturated rings. The van der Waals surface area contributed by atoms with Gasteiger partial charge in [-0.15, -0.1) is 0 Å². The quantitative estimate of drug-likeness (QED) is 0.702. The van der Waals surface area contributed by atoms with Gasteiger partial charge in [-0.25, -0.2) is 9.37 Å². The third-order valence-corrected chi connectivity index (χ3v) is 5.21. The molecule has 4 heteroatoms. The lowest BCUT2D eigenvalue weighted by molar-refractivity contribution is 0.431. The minimum absolute atomic E-state index is 0.247. The van der Waals surface area contributed by atoms with E-state index in [-0.39, 0.29) is 5.82 Å². The van der Waals surface area contributed by atoms with Crippen molar-refractivity contribution in [1.82, 2.24) is 9.88 Å². The van der Waals surface area contributed by atoms with Gasteiger partial charge in [0.1, 0.15) is 11.7 Å². The molecule has 5 rings (SSSR count). The standard InChI is InChI=1S/C21H18FN3/c22-18-9-3-1-8-16(18)20-12-17(15-7-2-4-10-19(15)24-20)21-23-13-14-6-5-11-25(14)21/h1-4,7-10,12,14H,5-6,11,13H2. The number of aliphatic imine (C=N–C) groups is 1. The number of nitrogens with zero attached hydrogens (tertiary/aromatic N) is 3. The Balaban J connectivity index is 1.74. The van der Waals surface area contributed by atoms with Gasteiger partial charge in [-0.2, -0.15) is 0 Å². The maximum Gasteiger partial charge on any atom is 0.132 e. The number of fused-ring (bicyclic) bond motifs is 2. The molecule has 0 spiro atoms. The molecule has 0 radical (unpaired) electrons. The summed E-state index contributed by atoms with van der Waals surface area (Å²) in [5, 5.41) is 1.08. The second-order valence-corrected chi connectivity index (χ2v) is 6.71. The van der Waals surface area contributed by atoms with E-state index in [9.17, 15) is 4.39 Å². The summed E-state index contributed by atoms with van der Waals surface area (Å²) in [6.07, 6.45) is 2.42. The first kappa shape index (κ1) is 14.6. The lowest BCUT2D eigenvalue weighted by Crippen LogP contribution is -2.31. The molecule has 0 saturated carbocycles. The van der Waals surface area contributed by atoms with Crippen molar-refractivity contribution < 1.29 is 4.39 Å². The van der Waals surface area contributed by atoms with E-state index in [2.05, 4.69) is 11.0 Å². The van der Waals surface area contributed by atoms with Crippen molar-refractivity contribution >= 4 is 16.7 Å². The highest BCUT2D eigenvalue weighted by Gasteiger charge is 2.33. The first-order valence-corrected chi connectivity index (χ1v) is 8.77. The molecule has 3 nitrogen and oxygen atoms in total. The topological polar surface area (TPSA) is 28.5 Å². The predicted octanol–water partition coefficient (Wildman–Crippen LogP) is 4.27. The average molecular weight is 331 g/mol. The molecule has 3 heterocycles. The van der Waals surface area contributed by atoms with Crippen LogP contribution in [0.1, 0.15) is 18.4 Å². The van der Waals surface area contributed by atoms with Crippen LogP contribution in [0.4, 0.5) is 4.39 Å². The van der Waals surface area contributed by atoms with E-state index in [0.29, 0.717) is 17.3 Å². The fourth-order valence-electron chi connectivity index (χ4n) is 3.99. The molecule has 124 valence electrons. The van der Waals surface area contributed by atoms with Gasteiger partial charge in [-0.05, 0) is 37.1 Å². The van der Waals surface area contributed by atoms with E-state index in [1.165, 1.54) is 18.9 Å². The number of hydrogen-bond acceptors (Lipinski definition) is 3. The predicted molar refractivity (Wildman–Crippen MR) is 98.3 cm³/mol. The van der Waals surface area contributed by atoms with Gasteiger partial charge in [0.15, 0.2) is 0 Å². The Hall–Kier alpha value is -2.75. The summed E-state index contributed by atoms with van der Waals surface area (Å²) >= 11 is 0. The van der Waals surface area contributed by atoms with Gasteiger partial charge in [0, 0.05) is 23.1 Å². The molecule has 2 aliphatic rings. The Morgan fingerprint density at radius 3 is 2.76 bits per heavy atom. The molecule has 0 N–H and O–H groups in total. The Morgan fingerprint density at radius 1 is 1.00 bits per heavy atom. The molecular formula is C21H18FN3. The Kier molecular flexibility index (Phi) is 3.30. The minimum Gasteiger partial charge on any atom is -0.352 e. The fraction of sp³-hybridized carbons (Fsp3) is 0.238. The maximum absolute atomic E-state index is 14.3. The smallest absolute Gasteiger partial charge is 0.132 e. The number of aromatic nitrogens is 1. The van der Waals surface area contributed by atoms with Crippen LogP contribution in [-0.2, 0) is 0 Å². The first-order valence-electron chi connectivity index (χ1n) is 8.77. The van der Waals surface area contributed by atoms with Gasteiger partial charge in [-0.1, -0.05) is 30.3 Å². The lowest BCUT2D eigenvalue weighted by atomic mass is 10.0. The highest BCUT2D eigenvalue weighted by molar-refractivity contribution is 6.10. The zero-order valence-corrected chi connectivity index (χ0v) is 13.8. The molecule has 2 aromatic carbocycles. The molecular weight excluding hydrogens is 313 g/mol. The van der Waals surface area contributed by atoms with Crippen molar-refractivity contribution in [1.29, 1.82) is 0 Å². The summed E-state index contributed by atoms with van der Waals surface area (Å²) in [6, 6.07) is 17.4. The van der Waals surface area contributed by atoms with Crippen molar-refractivity contribution in [2.24, 2.45) is 4.99 Å². The minimum atomic E-state index is -0.247. The van der Waals surface area contributed by atoms with E-state index in [0.717, 1.165) is 35.4 Å². The van der Waals surface area contributed by atoms with Gasteiger partial charge in [0.2, 0.25) is 0 Å². The van der Waals surface area contributed by atoms with Crippen LogP contribution in [0.2, 0.25) is 0 Å². The van der Waals surface area contributed by atoms with Crippen LogP contribution in [0.25, 0.3) is 22.2 Å². The van der Waals surface area contributed by atoms with Gasteiger partial charge in [0.05, 0.1) is 23.8 Å². The highest BCUT2D eigenvalue weighted by Crippen LogP contribution is 2.31. The van der Waals surface area contributed by atoms with Gasteiger partial charge >= 0.3 is 0 Å². The number of halogens is 1. The molecule has 1 saturated heterocycles. The van der Waals surface area contributed by atoms with E-state index >= 15 is 0 Å². The van der Waals surface area contributed by atoms with Gasteiger partial charge in [-0.3, -0.25) is 4.99 Å². The molecule has 0 amide bonds. The summed E-state index contributed by atoms with van der Waals surface area (Å²) in [5.74, 6) is 0.794. The number of hydrogen-bond donors (Lipinski definition) is 0. The third kappa shape index (κ3) is 2.32. The number of amidine groups is 1. The number of benzene rings is 2. The van der Waals surface area contributed by atoms with Crippen LogP contribution in [0.5, 0.6) is 0 Å². The summed E-state index contributed by atoms with van der Waals surface area (Å²) in [5.41, 5.74) is 3.14. The summed E-state index contributed by atoms with van der Waals surface area (Å²) in [7, 11) is 0. The van der Waals surface area contributed by atoms with Crippen LogP contribution < -0.4 is 0 Å². The van der Waals surface area contributed by atoms with E-state index in [4.69, 9.17) is 9.98 Å². The van der Waals surface area contributed by atoms with Crippen LogP contribution in [0.3, 0.4) is 0 Å². The first-order chi connectivity index (χ1) is 12.3. The van der Waals surface area contributed by atoms with E-state index in [1.54, 1.807) is 12.1 Å². The van der Waals surface area contributed by atoms with Crippen molar-refractivity contribution in [3.8, 4) is 11.3 Å².